The molecule has 0 bridgehead atoms. The van der Waals surface area contributed by atoms with Gasteiger partial charge in [-0.25, -0.2) is 0 Å². The molecular formula is C16H28IN3S. The van der Waals surface area contributed by atoms with Crippen LogP contribution in [0.5, 0.6) is 0 Å². The highest BCUT2D eigenvalue weighted by Gasteiger charge is 2.18. The zero-order chi connectivity index (χ0) is 14.4. The first-order valence-corrected chi connectivity index (χ1v) is 8.70. The van der Waals surface area contributed by atoms with E-state index in [2.05, 4.69) is 47.8 Å². The van der Waals surface area contributed by atoms with Crippen molar-refractivity contribution < 1.29 is 0 Å². The van der Waals surface area contributed by atoms with Crippen LogP contribution in [0.25, 0.3) is 0 Å². The maximum absolute atomic E-state index is 4.85. The van der Waals surface area contributed by atoms with Crippen LogP contribution in [0.3, 0.4) is 0 Å². The van der Waals surface area contributed by atoms with Gasteiger partial charge in [-0.15, -0.1) is 24.0 Å². The van der Waals surface area contributed by atoms with E-state index in [1.165, 1.54) is 18.4 Å². The minimum atomic E-state index is 0. The van der Waals surface area contributed by atoms with Gasteiger partial charge in [0.2, 0.25) is 0 Å². The molecule has 1 aliphatic heterocycles. The topological polar surface area (TPSA) is 27.6 Å². The van der Waals surface area contributed by atoms with Crippen molar-refractivity contribution in [1.29, 1.82) is 0 Å². The van der Waals surface area contributed by atoms with Crippen LogP contribution in [0, 0.1) is 5.92 Å². The van der Waals surface area contributed by atoms with Crippen molar-refractivity contribution in [2.75, 3.05) is 26.2 Å². The van der Waals surface area contributed by atoms with Gasteiger partial charge in [-0.05, 0) is 48.1 Å². The molecule has 2 rings (SSSR count). The average molecular weight is 421 g/mol. The van der Waals surface area contributed by atoms with Crippen molar-refractivity contribution in [1.82, 2.24) is 10.2 Å². The maximum atomic E-state index is 4.85. The average Bonchev–Trinajstić information content (AvgIpc) is 2.98. The highest BCUT2D eigenvalue weighted by molar-refractivity contribution is 14.0. The number of aliphatic imine (C=N–C) groups is 1. The van der Waals surface area contributed by atoms with Gasteiger partial charge in [0.25, 0.3) is 0 Å². The molecule has 1 N–H and O–H groups in total. The summed E-state index contributed by atoms with van der Waals surface area (Å²) < 4.78 is 0. The van der Waals surface area contributed by atoms with E-state index in [0.717, 1.165) is 38.1 Å². The summed E-state index contributed by atoms with van der Waals surface area (Å²) in [5.74, 6) is 2.46. The summed E-state index contributed by atoms with van der Waals surface area (Å²) in [6.45, 7) is 10.8. The van der Waals surface area contributed by atoms with Gasteiger partial charge in [0, 0.05) is 32.1 Å². The Labute approximate surface area is 150 Å². The number of nitrogens with zero attached hydrogens (tertiary/aromatic N) is 2. The van der Waals surface area contributed by atoms with E-state index in [0.29, 0.717) is 5.92 Å². The third-order valence-corrected chi connectivity index (χ3v) is 4.75. The monoisotopic (exact) mass is 421 g/mol. The second-order valence-electron chi connectivity index (χ2n) is 5.82. The fourth-order valence-electron chi connectivity index (χ4n) is 2.53. The molecule has 0 aromatic carbocycles. The number of piperidine rings is 1. The Kier molecular flexibility index (Phi) is 8.63. The molecule has 1 unspecified atom stereocenters. The molecule has 0 radical (unpaired) electrons. The Bertz CT molecular complexity index is 411. The number of thiophene rings is 1. The van der Waals surface area contributed by atoms with Gasteiger partial charge < -0.3 is 10.2 Å². The van der Waals surface area contributed by atoms with Gasteiger partial charge >= 0.3 is 0 Å². The van der Waals surface area contributed by atoms with Gasteiger partial charge in [0.05, 0.1) is 0 Å². The number of guanidine groups is 1. The molecular weight excluding hydrogens is 393 g/mol. The largest absolute Gasteiger partial charge is 0.357 e. The summed E-state index contributed by atoms with van der Waals surface area (Å²) in [6.07, 6.45) is 2.56. The molecule has 3 nitrogen and oxygen atoms in total. The lowest BCUT2D eigenvalue weighted by atomic mass is 9.99. The SMILES string of the molecule is CCNC(=NCC(C)c1ccsc1)N1CCC(C)CC1.I. The highest BCUT2D eigenvalue weighted by atomic mass is 127. The Morgan fingerprint density at radius 3 is 2.76 bits per heavy atom. The molecule has 2 heterocycles. The molecule has 1 fully saturated rings. The number of rotatable bonds is 4. The first-order chi connectivity index (χ1) is 9.70. The van der Waals surface area contributed by atoms with Crippen LogP contribution in [-0.2, 0) is 0 Å². The second-order valence-corrected chi connectivity index (χ2v) is 6.60. The predicted octanol–water partition coefficient (Wildman–Crippen LogP) is 4.17. The van der Waals surface area contributed by atoms with E-state index in [1.54, 1.807) is 11.3 Å². The van der Waals surface area contributed by atoms with E-state index in [1.807, 2.05) is 0 Å². The van der Waals surface area contributed by atoms with Crippen molar-refractivity contribution in [3.63, 3.8) is 0 Å². The van der Waals surface area contributed by atoms with Crippen LogP contribution in [0.15, 0.2) is 21.8 Å². The lowest BCUT2D eigenvalue weighted by molar-refractivity contribution is 0.273. The van der Waals surface area contributed by atoms with E-state index in [9.17, 15) is 0 Å². The molecule has 21 heavy (non-hydrogen) atoms. The highest BCUT2D eigenvalue weighted by Crippen LogP contribution is 2.19. The maximum Gasteiger partial charge on any atom is 0.193 e. The summed E-state index contributed by atoms with van der Waals surface area (Å²) in [5, 5.41) is 7.82. The lowest BCUT2D eigenvalue weighted by Crippen LogP contribution is -2.45. The smallest absolute Gasteiger partial charge is 0.193 e. The molecule has 1 saturated heterocycles. The summed E-state index contributed by atoms with van der Waals surface area (Å²) in [5.41, 5.74) is 1.40. The van der Waals surface area contributed by atoms with E-state index in [4.69, 9.17) is 4.99 Å². The number of nitrogens with one attached hydrogen (secondary N) is 1. The molecule has 1 aromatic rings. The fraction of sp³-hybridized carbons (Fsp3) is 0.688. The fourth-order valence-corrected chi connectivity index (χ4v) is 3.31. The molecule has 1 aliphatic rings. The standard InChI is InChI=1S/C16H27N3S.HI/c1-4-17-16(19-8-5-13(2)6-9-19)18-11-14(3)15-7-10-20-12-15;/h7,10,12-14H,4-6,8-9,11H2,1-3H3,(H,17,18);1H. The van der Waals surface area contributed by atoms with Gasteiger partial charge in [-0.2, -0.15) is 11.3 Å². The molecule has 0 aliphatic carbocycles. The summed E-state index contributed by atoms with van der Waals surface area (Å²) in [7, 11) is 0. The van der Waals surface area contributed by atoms with Gasteiger partial charge in [0.1, 0.15) is 0 Å². The van der Waals surface area contributed by atoms with Crippen molar-refractivity contribution in [3.05, 3.63) is 22.4 Å². The molecule has 0 amide bonds. The second kappa shape index (κ2) is 9.66. The number of hydrogen-bond donors (Lipinski definition) is 1. The van der Waals surface area contributed by atoms with Crippen molar-refractivity contribution >= 4 is 41.3 Å². The van der Waals surface area contributed by atoms with Crippen LogP contribution in [0.4, 0.5) is 0 Å². The normalized spacial score (nSPS) is 18.2. The van der Waals surface area contributed by atoms with Crippen LogP contribution >= 0.6 is 35.3 Å². The molecule has 5 heteroatoms. The first-order valence-electron chi connectivity index (χ1n) is 7.76. The van der Waals surface area contributed by atoms with Gasteiger partial charge in [0.15, 0.2) is 5.96 Å². The van der Waals surface area contributed by atoms with E-state index >= 15 is 0 Å². The molecule has 0 saturated carbocycles. The first kappa shape index (κ1) is 18.7. The summed E-state index contributed by atoms with van der Waals surface area (Å²) in [6, 6.07) is 2.21. The Balaban J connectivity index is 0.00000220. The Morgan fingerprint density at radius 1 is 1.48 bits per heavy atom. The van der Waals surface area contributed by atoms with E-state index < -0.39 is 0 Å². The van der Waals surface area contributed by atoms with Crippen molar-refractivity contribution in [2.24, 2.45) is 10.9 Å². The molecule has 1 aromatic heterocycles. The number of halogens is 1. The zero-order valence-electron chi connectivity index (χ0n) is 13.3. The van der Waals surface area contributed by atoms with Gasteiger partial charge in [-0.3, -0.25) is 4.99 Å². The zero-order valence-corrected chi connectivity index (χ0v) is 16.5. The summed E-state index contributed by atoms with van der Waals surface area (Å²) >= 11 is 1.77. The third kappa shape index (κ3) is 5.77. The lowest BCUT2D eigenvalue weighted by Gasteiger charge is -2.33. The number of hydrogen-bond acceptors (Lipinski definition) is 2. The summed E-state index contributed by atoms with van der Waals surface area (Å²) in [4.78, 5) is 7.27. The van der Waals surface area contributed by atoms with Crippen LogP contribution in [0.2, 0.25) is 0 Å². The predicted molar refractivity (Wildman–Crippen MR) is 104 cm³/mol. The molecule has 1 atom stereocenters. The van der Waals surface area contributed by atoms with Crippen LogP contribution in [0.1, 0.15) is 45.1 Å². The van der Waals surface area contributed by atoms with Crippen LogP contribution in [-0.4, -0.2) is 37.0 Å². The Hall–Kier alpha value is -0.300. The third-order valence-electron chi connectivity index (χ3n) is 4.05. The van der Waals surface area contributed by atoms with Crippen molar-refractivity contribution in [2.45, 2.75) is 39.5 Å². The minimum Gasteiger partial charge on any atom is -0.357 e. The molecule has 120 valence electrons. The number of likely N-dealkylation sites (tertiary alicyclic amines) is 1. The Morgan fingerprint density at radius 2 is 2.19 bits per heavy atom. The molecule has 0 spiro atoms. The minimum absolute atomic E-state index is 0. The van der Waals surface area contributed by atoms with Gasteiger partial charge in [-0.1, -0.05) is 13.8 Å². The van der Waals surface area contributed by atoms with Crippen molar-refractivity contribution in [3.8, 4) is 0 Å². The quantitative estimate of drug-likeness (QED) is 0.449. The van der Waals surface area contributed by atoms with Crippen LogP contribution < -0.4 is 5.32 Å². The van der Waals surface area contributed by atoms with E-state index in [-0.39, 0.29) is 24.0 Å².